The topological polar surface area (TPSA) is 26.9 Å². The number of aromatic nitrogens is 2. The Morgan fingerprint density at radius 2 is 1.76 bits per heavy atom. The second-order valence-corrected chi connectivity index (χ2v) is 7.51. The van der Waals surface area contributed by atoms with Crippen molar-refractivity contribution in [2.24, 2.45) is 14.1 Å². The van der Waals surface area contributed by atoms with E-state index in [0.717, 1.165) is 22.2 Å². The van der Waals surface area contributed by atoms with Crippen LogP contribution in [0.25, 0.3) is 11.0 Å². The molecule has 3 aromatic rings. The molecule has 0 bridgehead atoms. The molecule has 3 nitrogen and oxygen atoms in total. The highest BCUT2D eigenvalue weighted by molar-refractivity contribution is 7.20. The maximum absolute atomic E-state index is 12.0. The Hall–Kier alpha value is -0.940. The maximum Gasteiger partial charge on any atom is 0.328 e. The Bertz CT molecular complexity index is 894. The Labute approximate surface area is 140 Å². The first-order valence-electron chi connectivity index (χ1n) is 6.14. The summed E-state index contributed by atoms with van der Waals surface area (Å²) in [6.45, 7) is 0. The molecule has 1 atom stereocenters. The van der Waals surface area contributed by atoms with Gasteiger partial charge in [-0.05, 0) is 23.8 Å². The quantitative estimate of drug-likeness (QED) is 0.614. The van der Waals surface area contributed by atoms with Crippen LogP contribution in [-0.2, 0) is 14.1 Å². The summed E-state index contributed by atoms with van der Waals surface area (Å²) in [7, 11) is 3.49. The Balaban J connectivity index is 2.15. The summed E-state index contributed by atoms with van der Waals surface area (Å²) in [5.41, 5.74) is 3.30. The number of aryl methyl sites for hydroxylation is 2. The van der Waals surface area contributed by atoms with Gasteiger partial charge in [0.05, 0.1) is 25.1 Å². The molecule has 0 radical (unpaired) electrons. The predicted molar refractivity (Wildman–Crippen MR) is 90.2 cm³/mol. The number of imidazole rings is 1. The number of hydrogen-bond donors (Lipinski definition) is 0. The van der Waals surface area contributed by atoms with Crippen LogP contribution in [0.3, 0.4) is 0 Å². The van der Waals surface area contributed by atoms with Crippen molar-refractivity contribution in [2.75, 3.05) is 0 Å². The predicted octanol–water partition coefficient (Wildman–Crippen LogP) is 4.57. The molecular weight excluding hydrogens is 351 g/mol. The van der Waals surface area contributed by atoms with Crippen LogP contribution < -0.4 is 5.69 Å². The minimum atomic E-state index is -0.402. The molecule has 0 aliphatic rings. The molecule has 1 unspecified atom stereocenters. The van der Waals surface area contributed by atoms with Crippen molar-refractivity contribution in [1.29, 1.82) is 0 Å². The standard InChI is InChI=1S/C14H11Cl3N2OS/c1-18-9-4-3-7(5-10(9)19(2)14(18)20)12(16)8-6-11(15)21-13(8)17/h3-6,12H,1-2H3. The van der Waals surface area contributed by atoms with Gasteiger partial charge in [0.25, 0.3) is 0 Å². The molecule has 110 valence electrons. The van der Waals surface area contributed by atoms with Gasteiger partial charge in [-0.2, -0.15) is 0 Å². The van der Waals surface area contributed by atoms with Crippen LogP contribution in [0.15, 0.2) is 29.1 Å². The number of halogens is 3. The van der Waals surface area contributed by atoms with Gasteiger partial charge in [0.2, 0.25) is 0 Å². The molecule has 0 spiro atoms. The summed E-state index contributed by atoms with van der Waals surface area (Å²) >= 11 is 19.9. The highest BCUT2D eigenvalue weighted by atomic mass is 35.5. The van der Waals surface area contributed by atoms with Crippen LogP contribution in [0.1, 0.15) is 16.5 Å². The van der Waals surface area contributed by atoms with Gasteiger partial charge in [0.15, 0.2) is 0 Å². The zero-order valence-electron chi connectivity index (χ0n) is 11.2. The average molecular weight is 362 g/mol. The van der Waals surface area contributed by atoms with E-state index in [2.05, 4.69) is 0 Å². The summed E-state index contributed by atoms with van der Waals surface area (Å²) in [6.07, 6.45) is 0. The van der Waals surface area contributed by atoms with Crippen molar-refractivity contribution in [3.05, 3.63) is 54.5 Å². The zero-order chi connectivity index (χ0) is 15.3. The van der Waals surface area contributed by atoms with E-state index in [1.807, 2.05) is 18.2 Å². The molecule has 0 saturated heterocycles. The van der Waals surface area contributed by atoms with Gasteiger partial charge < -0.3 is 0 Å². The van der Waals surface area contributed by atoms with E-state index < -0.39 is 5.38 Å². The number of alkyl halides is 1. The first-order chi connectivity index (χ1) is 9.90. The molecule has 0 aliphatic carbocycles. The Morgan fingerprint density at radius 1 is 1.10 bits per heavy atom. The number of fused-ring (bicyclic) bond motifs is 1. The van der Waals surface area contributed by atoms with Crippen molar-refractivity contribution in [1.82, 2.24) is 9.13 Å². The molecule has 0 fully saturated rings. The van der Waals surface area contributed by atoms with E-state index in [9.17, 15) is 4.79 Å². The smallest absolute Gasteiger partial charge is 0.295 e. The van der Waals surface area contributed by atoms with Crippen LogP contribution in [0.5, 0.6) is 0 Å². The SMILES string of the molecule is Cn1c(=O)n(C)c2cc(C(Cl)c3cc(Cl)sc3Cl)ccc21. The van der Waals surface area contributed by atoms with Crippen LogP contribution >= 0.6 is 46.1 Å². The molecule has 2 heterocycles. The van der Waals surface area contributed by atoms with Gasteiger partial charge in [0.1, 0.15) is 0 Å². The van der Waals surface area contributed by atoms with Gasteiger partial charge in [-0.3, -0.25) is 9.13 Å². The monoisotopic (exact) mass is 360 g/mol. The molecule has 7 heteroatoms. The van der Waals surface area contributed by atoms with Crippen molar-refractivity contribution in [3.8, 4) is 0 Å². The molecule has 0 N–H and O–H groups in total. The normalized spacial score (nSPS) is 13.0. The largest absolute Gasteiger partial charge is 0.328 e. The van der Waals surface area contributed by atoms with Crippen LogP contribution in [-0.4, -0.2) is 9.13 Å². The third-order valence-corrected chi connectivity index (χ3v) is 5.55. The fraction of sp³-hybridized carbons (Fsp3) is 0.214. The zero-order valence-corrected chi connectivity index (χ0v) is 14.3. The number of thiophene rings is 1. The van der Waals surface area contributed by atoms with Crippen molar-refractivity contribution in [2.45, 2.75) is 5.38 Å². The fourth-order valence-electron chi connectivity index (χ4n) is 2.39. The van der Waals surface area contributed by atoms with Gasteiger partial charge in [-0.15, -0.1) is 22.9 Å². The van der Waals surface area contributed by atoms with Gasteiger partial charge >= 0.3 is 5.69 Å². The Morgan fingerprint density at radius 3 is 2.38 bits per heavy atom. The first kappa shape index (κ1) is 15.0. The molecule has 0 aliphatic heterocycles. The summed E-state index contributed by atoms with van der Waals surface area (Å²) in [6, 6.07) is 7.49. The number of rotatable bonds is 2. The molecule has 1 aromatic carbocycles. The highest BCUT2D eigenvalue weighted by Crippen LogP contribution is 2.40. The average Bonchev–Trinajstić information content (AvgIpc) is 2.91. The highest BCUT2D eigenvalue weighted by Gasteiger charge is 2.19. The van der Waals surface area contributed by atoms with E-state index in [0.29, 0.717) is 8.67 Å². The molecule has 0 amide bonds. The Kier molecular flexibility index (Phi) is 3.82. The second kappa shape index (κ2) is 5.36. The maximum atomic E-state index is 12.0. The van der Waals surface area contributed by atoms with E-state index >= 15 is 0 Å². The molecule has 21 heavy (non-hydrogen) atoms. The van der Waals surface area contributed by atoms with E-state index in [-0.39, 0.29) is 5.69 Å². The lowest BCUT2D eigenvalue weighted by Gasteiger charge is -2.09. The molecule has 3 rings (SSSR count). The first-order valence-corrected chi connectivity index (χ1v) is 8.15. The summed E-state index contributed by atoms with van der Waals surface area (Å²) in [5.74, 6) is 0. The fourth-order valence-corrected chi connectivity index (χ4v) is 4.35. The van der Waals surface area contributed by atoms with Gasteiger partial charge in [0, 0.05) is 19.7 Å². The number of benzene rings is 1. The van der Waals surface area contributed by atoms with Crippen molar-refractivity contribution >= 4 is 57.2 Å². The van der Waals surface area contributed by atoms with Gasteiger partial charge in [-0.25, -0.2) is 4.79 Å². The second-order valence-electron chi connectivity index (χ2n) is 4.79. The lowest BCUT2D eigenvalue weighted by molar-refractivity contribution is 0.795. The van der Waals surface area contributed by atoms with E-state index in [1.165, 1.54) is 11.3 Å². The summed E-state index contributed by atoms with van der Waals surface area (Å²) < 4.78 is 4.40. The van der Waals surface area contributed by atoms with Crippen molar-refractivity contribution in [3.63, 3.8) is 0 Å². The minimum absolute atomic E-state index is 0.0649. The van der Waals surface area contributed by atoms with Crippen molar-refractivity contribution < 1.29 is 0 Å². The van der Waals surface area contributed by atoms with Gasteiger partial charge in [-0.1, -0.05) is 29.3 Å². The van der Waals surface area contributed by atoms with E-state index in [4.69, 9.17) is 34.8 Å². The summed E-state index contributed by atoms with van der Waals surface area (Å²) in [5, 5.41) is -0.402. The summed E-state index contributed by atoms with van der Waals surface area (Å²) in [4.78, 5) is 12.0. The van der Waals surface area contributed by atoms with Crippen LogP contribution in [0.2, 0.25) is 8.67 Å². The lowest BCUT2D eigenvalue weighted by atomic mass is 10.1. The van der Waals surface area contributed by atoms with Crippen LogP contribution in [0, 0.1) is 0 Å². The van der Waals surface area contributed by atoms with E-state index in [1.54, 1.807) is 29.3 Å². The third kappa shape index (κ3) is 2.40. The minimum Gasteiger partial charge on any atom is -0.295 e. The number of nitrogens with zero attached hydrogens (tertiary/aromatic N) is 2. The number of hydrogen-bond acceptors (Lipinski definition) is 2. The third-order valence-electron chi connectivity index (χ3n) is 3.54. The molecule has 0 saturated carbocycles. The lowest BCUT2D eigenvalue weighted by Crippen LogP contribution is -2.19. The molecule has 2 aromatic heterocycles. The van der Waals surface area contributed by atoms with Crippen LogP contribution in [0.4, 0.5) is 0 Å². The molecular formula is C14H11Cl3N2OS.